The second kappa shape index (κ2) is 11.9. The Morgan fingerprint density at radius 1 is 0.580 bits per heavy atom. The van der Waals surface area contributed by atoms with E-state index in [-0.39, 0.29) is 16.4 Å². The molecule has 9 rings (SSSR count). The zero-order chi connectivity index (χ0) is 33.9. The van der Waals surface area contributed by atoms with Gasteiger partial charge in [-0.3, -0.25) is 0 Å². The van der Waals surface area contributed by atoms with Gasteiger partial charge in [-0.05, 0) is 118 Å². The molecule has 0 radical (unpaired) electrons. The molecular weight excluding hydrogens is 613 g/mol. The Morgan fingerprint density at radius 3 is 1.48 bits per heavy atom. The highest BCUT2D eigenvalue weighted by Crippen LogP contribution is 2.59. The summed E-state index contributed by atoms with van der Waals surface area (Å²) in [5.74, 6) is -1.22. The van der Waals surface area contributed by atoms with Gasteiger partial charge >= 0.3 is 5.97 Å². The predicted molar refractivity (Wildman–Crippen MR) is 201 cm³/mol. The molecule has 0 bridgehead atoms. The summed E-state index contributed by atoms with van der Waals surface area (Å²) in [6, 6.07) is 42.0. The fourth-order valence-electron chi connectivity index (χ4n) is 10.0. The lowest BCUT2D eigenvalue weighted by molar-refractivity contribution is -0.132. The van der Waals surface area contributed by atoms with Crippen LogP contribution in [0.15, 0.2) is 115 Å². The lowest BCUT2D eigenvalue weighted by atomic mass is 9.67. The number of nitrogens with zero attached hydrogens (tertiary/aromatic N) is 2. The van der Waals surface area contributed by atoms with Gasteiger partial charge in [0.2, 0.25) is 0 Å². The highest BCUT2D eigenvalue weighted by Gasteiger charge is 2.45. The molecule has 0 aliphatic heterocycles. The second-order valence-electron chi connectivity index (χ2n) is 14.7. The molecule has 0 amide bonds. The van der Waals surface area contributed by atoms with Gasteiger partial charge < -0.3 is 10.0 Å². The van der Waals surface area contributed by atoms with Gasteiger partial charge in [-0.25, -0.2) is 4.79 Å². The standard InChI is InChI=1S/C46H40N2O2/c47-30-32(44(49)50)27-31-15-17-33(18-16-31)48(34-19-21-38-36-11-3-5-13-40(36)45(42(38)28-34)23-7-1-8-24-45)35-20-22-39-37-12-4-6-14-41(37)46(43(39)29-35)25-9-2-10-26-46/h3-6,11-22,27-29H,1-2,7-10,23-26H2,(H,49,50). The number of carboxylic acids is 1. The summed E-state index contributed by atoms with van der Waals surface area (Å²) in [5, 5.41) is 18.9. The molecule has 0 aromatic heterocycles. The van der Waals surface area contributed by atoms with E-state index >= 15 is 0 Å². The van der Waals surface area contributed by atoms with Crippen molar-refractivity contribution in [3.05, 3.63) is 143 Å². The molecule has 4 heteroatoms. The first-order chi connectivity index (χ1) is 24.5. The summed E-state index contributed by atoms with van der Waals surface area (Å²) in [6.45, 7) is 0. The molecule has 5 aromatic carbocycles. The van der Waals surface area contributed by atoms with Crippen LogP contribution >= 0.6 is 0 Å². The topological polar surface area (TPSA) is 64.3 Å². The van der Waals surface area contributed by atoms with E-state index in [9.17, 15) is 15.2 Å². The highest BCUT2D eigenvalue weighted by molar-refractivity contribution is 5.96. The zero-order valence-corrected chi connectivity index (χ0v) is 28.3. The Kier molecular flexibility index (Phi) is 7.28. The first-order valence-electron chi connectivity index (χ1n) is 18.3. The molecule has 0 heterocycles. The van der Waals surface area contributed by atoms with Gasteiger partial charge in [0.25, 0.3) is 0 Å². The summed E-state index contributed by atoms with van der Waals surface area (Å²) in [5.41, 5.74) is 15.0. The summed E-state index contributed by atoms with van der Waals surface area (Å²) in [6.07, 6.45) is 13.7. The van der Waals surface area contributed by atoms with Crippen LogP contribution in [0.2, 0.25) is 0 Å². The van der Waals surface area contributed by atoms with Gasteiger partial charge in [0, 0.05) is 27.9 Å². The molecule has 4 aliphatic rings. The maximum absolute atomic E-state index is 11.6. The van der Waals surface area contributed by atoms with E-state index in [1.165, 1.54) is 115 Å². The van der Waals surface area contributed by atoms with Crippen LogP contribution in [0.4, 0.5) is 17.1 Å². The van der Waals surface area contributed by atoms with E-state index in [2.05, 4.69) is 102 Å². The van der Waals surface area contributed by atoms with Crippen molar-refractivity contribution in [3.8, 4) is 28.3 Å². The largest absolute Gasteiger partial charge is 0.477 e. The minimum Gasteiger partial charge on any atom is -0.477 e. The fourth-order valence-corrected chi connectivity index (χ4v) is 10.0. The monoisotopic (exact) mass is 652 g/mol. The van der Waals surface area contributed by atoms with Crippen LogP contribution in [-0.2, 0) is 15.6 Å². The summed E-state index contributed by atoms with van der Waals surface area (Å²) in [7, 11) is 0. The third kappa shape index (κ3) is 4.60. The van der Waals surface area contributed by atoms with E-state index in [1.54, 1.807) is 0 Å². The number of hydrogen-bond donors (Lipinski definition) is 1. The Labute approximate surface area is 294 Å². The Balaban J connectivity index is 1.22. The number of carbonyl (C=O) groups is 1. The van der Waals surface area contributed by atoms with E-state index < -0.39 is 5.97 Å². The molecule has 4 aliphatic carbocycles. The molecule has 5 aromatic rings. The maximum atomic E-state index is 11.6. The normalized spacial score (nSPS) is 17.8. The van der Waals surface area contributed by atoms with E-state index in [1.807, 2.05) is 18.2 Å². The molecule has 2 fully saturated rings. The number of nitriles is 1. The molecule has 4 nitrogen and oxygen atoms in total. The van der Waals surface area contributed by atoms with Crippen LogP contribution in [0.1, 0.15) is 92.0 Å². The van der Waals surface area contributed by atoms with Crippen molar-refractivity contribution in [1.29, 1.82) is 5.26 Å². The Hall–Kier alpha value is -5.40. The SMILES string of the molecule is N#CC(=Cc1ccc(N(c2ccc3c(c2)C2(CCCCC2)c2ccccc2-3)c2ccc3c(c2)C2(CCCCC2)c2ccccc2-3)cc1)C(=O)O. The molecule has 0 atom stereocenters. The van der Waals surface area contributed by atoms with Crippen LogP contribution in [0.25, 0.3) is 28.3 Å². The van der Waals surface area contributed by atoms with Gasteiger partial charge in [0.05, 0.1) is 0 Å². The number of hydrogen-bond acceptors (Lipinski definition) is 3. The molecular formula is C46H40N2O2. The maximum Gasteiger partial charge on any atom is 0.346 e. The summed E-state index contributed by atoms with van der Waals surface area (Å²) in [4.78, 5) is 14.0. The van der Waals surface area contributed by atoms with Crippen LogP contribution in [-0.4, -0.2) is 11.1 Å². The quantitative estimate of drug-likeness (QED) is 0.152. The second-order valence-corrected chi connectivity index (χ2v) is 14.7. The molecule has 2 spiro atoms. The van der Waals surface area contributed by atoms with E-state index in [0.717, 1.165) is 17.1 Å². The molecule has 0 unspecified atom stereocenters. The number of benzene rings is 5. The highest BCUT2D eigenvalue weighted by atomic mass is 16.4. The minimum absolute atomic E-state index is 0.0385. The molecule has 246 valence electrons. The number of carboxylic acid groups (broad SMARTS) is 1. The first-order valence-corrected chi connectivity index (χ1v) is 18.3. The average Bonchev–Trinajstić information content (AvgIpc) is 3.57. The lowest BCUT2D eigenvalue weighted by Gasteiger charge is -2.37. The zero-order valence-electron chi connectivity index (χ0n) is 28.3. The van der Waals surface area contributed by atoms with Crippen molar-refractivity contribution in [2.75, 3.05) is 4.90 Å². The fraction of sp³-hybridized carbons (Fsp3) is 0.261. The van der Waals surface area contributed by atoms with Gasteiger partial charge in [-0.2, -0.15) is 5.26 Å². The van der Waals surface area contributed by atoms with Crippen molar-refractivity contribution < 1.29 is 9.90 Å². The van der Waals surface area contributed by atoms with Gasteiger partial charge in [0.15, 0.2) is 0 Å². The lowest BCUT2D eigenvalue weighted by Crippen LogP contribution is -2.28. The van der Waals surface area contributed by atoms with Crippen LogP contribution in [0, 0.1) is 11.3 Å². The number of aliphatic carboxylic acids is 1. The van der Waals surface area contributed by atoms with Crippen LogP contribution < -0.4 is 4.90 Å². The summed E-state index contributed by atoms with van der Waals surface area (Å²) < 4.78 is 0. The third-order valence-corrected chi connectivity index (χ3v) is 12.2. The van der Waals surface area contributed by atoms with Gasteiger partial charge in [0.1, 0.15) is 11.6 Å². The van der Waals surface area contributed by atoms with Crippen molar-refractivity contribution in [2.45, 2.75) is 75.0 Å². The van der Waals surface area contributed by atoms with Crippen molar-refractivity contribution >= 4 is 29.1 Å². The smallest absolute Gasteiger partial charge is 0.346 e. The average molecular weight is 653 g/mol. The van der Waals surface area contributed by atoms with Crippen molar-refractivity contribution in [3.63, 3.8) is 0 Å². The van der Waals surface area contributed by atoms with Crippen LogP contribution in [0.5, 0.6) is 0 Å². The molecule has 2 saturated carbocycles. The first kappa shape index (κ1) is 30.6. The van der Waals surface area contributed by atoms with Gasteiger partial charge in [-0.15, -0.1) is 0 Å². The molecule has 50 heavy (non-hydrogen) atoms. The van der Waals surface area contributed by atoms with E-state index in [0.29, 0.717) is 5.56 Å². The third-order valence-electron chi connectivity index (χ3n) is 12.2. The number of anilines is 3. The number of fused-ring (bicyclic) bond motifs is 10. The Morgan fingerprint density at radius 2 is 1.02 bits per heavy atom. The summed E-state index contributed by atoms with van der Waals surface area (Å²) >= 11 is 0. The molecule has 1 N–H and O–H groups in total. The van der Waals surface area contributed by atoms with Crippen molar-refractivity contribution in [1.82, 2.24) is 0 Å². The predicted octanol–water partition coefficient (Wildman–Crippen LogP) is 11.6. The Bertz CT molecular complexity index is 2110. The van der Waals surface area contributed by atoms with Crippen molar-refractivity contribution in [2.24, 2.45) is 0 Å². The minimum atomic E-state index is -1.22. The van der Waals surface area contributed by atoms with E-state index in [4.69, 9.17) is 0 Å². The molecule has 0 saturated heterocycles. The number of rotatable bonds is 5. The van der Waals surface area contributed by atoms with Crippen LogP contribution in [0.3, 0.4) is 0 Å². The van der Waals surface area contributed by atoms with Gasteiger partial charge in [-0.1, -0.05) is 111 Å².